The van der Waals surface area contributed by atoms with E-state index in [9.17, 15) is 20.0 Å². The van der Waals surface area contributed by atoms with Crippen molar-refractivity contribution < 1.29 is 14.8 Å². The second-order valence-corrected chi connectivity index (χ2v) is 4.43. The number of rotatable bonds is 3. The SMILES string of the molecule is O=C(Nc1ccccc1O)c1ccc([N+](=O)[O-])s1. The fraction of sp³-hybridized carbons (Fsp3) is 0. The highest BCUT2D eigenvalue weighted by Crippen LogP contribution is 2.26. The largest absolute Gasteiger partial charge is 0.506 e. The molecule has 1 heterocycles. The summed E-state index contributed by atoms with van der Waals surface area (Å²) in [6.07, 6.45) is 0. The summed E-state index contributed by atoms with van der Waals surface area (Å²) < 4.78 is 0. The molecule has 0 radical (unpaired) electrons. The molecule has 1 aromatic heterocycles. The third kappa shape index (κ3) is 2.46. The summed E-state index contributed by atoms with van der Waals surface area (Å²) in [4.78, 5) is 21.9. The highest BCUT2D eigenvalue weighted by molar-refractivity contribution is 7.17. The predicted molar refractivity (Wildman–Crippen MR) is 67.0 cm³/mol. The minimum atomic E-state index is -0.554. The molecule has 0 fully saturated rings. The standard InChI is InChI=1S/C11H8N2O4S/c14-8-4-2-1-3-7(8)12-11(15)9-5-6-10(18-9)13(16)17/h1-6,14H,(H,12,15). The van der Waals surface area contributed by atoms with Gasteiger partial charge < -0.3 is 10.4 Å². The molecule has 18 heavy (non-hydrogen) atoms. The Bertz CT molecular complexity index is 609. The van der Waals surface area contributed by atoms with Crippen LogP contribution in [-0.4, -0.2) is 15.9 Å². The zero-order valence-electron chi connectivity index (χ0n) is 8.99. The van der Waals surface area contributed by atoms with Crippen molar-refractivity contribution in [2.45, 2.75) is 0 Å². The third-order valence-corrected chi connectivity index (χ3v) is 3.18. The van der Waals surface area contributed by atoms with E-state index < -0.39 is 10.8 Å². The Hall–Kier alpha value is -2.41. The van der Waals surface area contributed by atoms with Gasteiger partial charge in [0, 0.05) is 6.07 Å². The summed E-state index contributed by atoms with van der Waals surface area (Å²) >= 11 is 0.781. The number of phenolic OH excluding ortho intramolecular Hbond substituents is 1. The maximum absolute atomic E-state index is 11.8. The maximum Gasteiger partial charge on any atom is 0.324 e. The number of phenols is 1. The van der Waals surface area contributed by atoms with Crippen LogP contribution in [0.1, 0.15) is 9.67 Å². The Morgan fingerprint density at radius 1 is 1.28 bits per heavy atom. The van der Waals surface area contributed by atoms with Gasteiger partial charge in [-0.2, -0.15) is 0 Å². The van der Waals surface area contributed by atoms with Crippen molar-refractivity contribution in [3.8, 4) is 5.75 Å². The summed E-state index contributed by atoms with van der Waals surface area (Å²) in [5.74, 6) is -0.550. The number of nitrogens with zero attached hydrogens (tertiary/aromatic N) is 1. The fourth-order valence-electron chi connectivity index (χ4n) is 1.31. The number of benzene rings is 1. The maximum atomic E-state index is 11.8. The van der Waals surface area contributed by atoms with Crippen LogP contribution in [0.3, 0.4) is 0 Å². The first-order chi connectivity index (χ1) is 8.58. The molecule has 0 atom stereocenters. The number of hydrogen-bond acceptors (Lipinski definition) is 5. The van der Waals surface area contributed by atoms with E-state index in [0.717, 1.165) is 11.3 Å². The molecule has 2 aromatic rings. The zero-order valence-corrected chi connectivity index (χ0v) is 9.81. The van der Waals surface area contributed by atoms with Crippen molar-refractivity contribution in [1.82, 2.24) is 0 Å². The Balaban J connectivity index is 2.17. The van der Waals surface area contributed by atoms with Crippen LogP contribution in [0, 0.1) is 10.1 Å². The number of anilines is 1. The van der Waals surface area contributed by atoms with Gasteiger partial charge in [0.05, 0.1) is 15.5 Å². The van der Waals surface area contributed by atoms with Gasteiger partial charge in [0.1, 0.15) is 5.75 Å². The number of para-hydroxylation sites is 2. The molecule has 0 bridgehead atoms. The van der Waals surface area contributed by atoms with E-state index >= 15 is 0 Å². The lowest BCUT2D eigenvalue weighted by Gasteiger charge is -2.04. The number of aromatic hydroxyl groups is 1. The normalized spacial score (nSPS) is 10.0. The van der Waals surface area contributed by atoms with Crippen molar-refractivity contribution in [1.29, 1.82) is 0 Å². The summed E-state index contributed by atoms with van der Waals surface area (Å²) in [6, 6.07) is 8.90. The molecular weight excluding hydrogens is 256 g/mol. The van der Waals surface area contributed by atoms with Gasteiger partial charge in [-0.3, -0.25) is 14.9 Å². The Labute approximate surface area is 106 Å². The molecular formula is C11H8N2O4S. The van der Waals surface area contributed by atoms with Gasteiger partial charge in [0.2, 0.25) is 0 Å². The minimum Gasteiger partial charge on any atom is -0.506 e. The quantitative estimate of drug-likeness (QED) is 0.506. The average Bonchev–Trinajstić information content (AvgIpc) is 2.81. The molecule has 1 aromatic carbocycles. The molecule has 0 saturated carbocycles. The van der Waals surface area contributed by atoms with Crippen LogP contribution in [0.4, 0.5) is 10.7 Å². The van der Waals surface area contributed by atoms with Crippen LogP contribution in [0.2, 0.25) is 0 Å². The molecule has 0 unspecified atom stereocenters. The van der Waals surface area contributed by atoms with Crippen LogP contribution >= 0.6 is 11.3 Å². The van der Waals surface area contributed by atoms with Crippen molar-refractivity contribution >= 4 is 27.9 Å². The molecule has 6 nitrogen and oxygen atoms in total. The first-order valence-corrected chi connectivity index (χ1v) is 5.73. The Kier molecular flexibility index (Phi) is 3.24. The van der Waals surface area contributed by atoms with E-state index in [1.807, 2.05) is 0 Å². The van der Waals surface area contributed by atoms with E-state index in [-0.39, 0.29) is 21.3 Å². The molecule has 0 saturated heterocycles. The Morgan fingerprint density at radius 2 is 2.00 bits per heavy atom. The smallest absolute Gasteiger partial charge is 0.324 e. The third-order valence-electron chi connectivity index (χ3n) is 2.15. The van der Waals surface area contributed by atoms with E-state index in [1.54, 1.807) is 12.1 Å². The van der Waals surface area contributed by atoms with Crippen LogP contribution in [0.25, 0.3) is 0 Å². The summed E-state index contributed by atoms with van der Waals surface area (Å²) in [6.45, 7) is 0. The number of hydrogen-bond donors (Lipinski definition) is 2. The summed E-state index contributed by atoms with van der Waals surface area (Å²) in [7, 11) is 0. The number of carbonyl (C=O) groups excluding carboxylic acids is 1. The zero-order chi connectivity index (χ0) is 13.1. The molecule has 0 aliphatic carbocycles. The van der Waals surface area contributed by atoms with E-state index in [2.05, 4.69) is 5.32 Å². The average molecular weight is 264 g/mol. The Morgan fingerprint density at radius 3 is 2.61 bits per heavy atom. The first kappa shape index (κ1) is 12.1. The number of carbonyl (C=O) groups is 1. The first-order valence-electron chi connectivity index (χ1n) is 4.91. The van der Waals surface area contributed by atoms with Gasteiger partial charge in [-0.05, 0) is 18.2 Å². The van der Waals surface area contributed by atoms with Gasteiger partial charge in [0.25, 0.3) is 5.91 Å². The van der Waals surface area contributed by atoms with Crippen LogP contribution in [0.15, 0.2) is 36.4 Å². The highest BCUT2D eigenvalue weighted by atomic mass is 32.1. The number of nitro groups is 1. The van der Waals surface area contributed by atoms with E-state index in [0.29, 0.717) is 0 Å². The van der Waals surface area contributed by atoms with Gasteiger partial charge >= 0.3 is 5.00 Å². The van der Waals surface area contributed by atoms with Crippen molar-refractivity contribution in [2.75, 3.05) is 5.32 Å². The van der Waals surface area contributed by atoms with Crippen LogP contribution in [-0.2, 0) is 0 Å². The summed E-state index contributed by atoms with van der Waals surface area (Å²) in [5.41, 5.74) is 0.263. The van der Waals surface area contributed by atoms with Crippen molar-refractivity contribution in [3.05, 3.63) is 51.4 Å². The van der Waals surface area contributed by atoms with Crippen LogP contribution < -0.4 is 5.32 Å². The topological polar surface area (TPSA) is 92.5 Å². The number of amides is 1. The van der Waals surface area contributed by atoms with E-state index in [1.165, 1.54) is 24.3 Å². The molecule has 0 aliphatic rings. The lowest BCUT2D eigenvalue weighted by atomic mass is 10.3. The monoisotopic (exact) mass is 264 g/mol. The second kappa shape index (κ2) is 4.84. The number of thiophene rings is 1. The molecule has 0 aliphatic heterocycles. The molecule has 2 N–H and O–H groups in total. The molecule has 2 rings (SSSR count). The molecule has 1 amide bonds. The predicted octanol–water partition coefficient (Wildman–Crippen LogP) is 2.61. The second-order valence-electron chi connectivity index (χ2n) is 3.37. The fourth-order valence-corrected chi connectivity index (χ4v) is 2.03. The lowest BCUT2D eigenvalue weighted by molar-refractivity contribution is -0.380. The van der Waals surface area contributed by atoms with Gasteiger partial charge in [-0.25, -0.2) is 0 Å². The van der Waals surface area contributed by atoms with E-state index in [4.69, 9.17) is 0 Å². The van der Waals surface area contributed by atoms with Gasteiger partial charge in [-0.15, -0.1) is 0 Å². The molecule has 0 spiro atoms. The molecule has 92 valence electrons. The summed E-state index contributed by atoms with van der Waals surface area (Å²) in [5, 5.41) is 22.4. The van der Waals surface area contributed by atoms with Gasteiger partial charge in [-0.1, -0.05) is 23.5 Å². The highest BCUT2D eigenvalue weighted by Gasteiger charge is 2.16. The van der Waals surface area contributed by atoms with Crippen molar-refractivity contribution in [3.63, 3.8) is 0 Å². The molecule has 7 heteroatoms. The van der Waals surface area contributed by atoms with Crippen LogP contribution in [0.5, 0.6) is 5.75 Å². The number of nitrogens with one attached hydrogen (secondary N) is 1. The van der Waals surface area contributed by atoms with Crippen molar-refractivity contribution in [2.24, 2.45) is 0 Å². The minimum absolute atomic E-state index is 0.0584. The van der Waals surface area contributed by atoms with Gasteiger partial charge in [0.15, 0.2) is 0 Å². The lowest BCUT2D eigenvalue weighted by Crippen LogP contribution is -2.09.